The topological polar surface area (TPSA) is 76.3 Å². The Morgan fingerprint density at radius 1 is 1.32 bits per heavy atom. The molecule has 2 rings (SSSR count). The summed E-state index contributed by atoms with van der Waals surface area (Å²) in [4.78, 5) is 15.2. The van der Waals surface area contributed by atoms with Crippen molar-refractivity contribution in [3.63, 3.8) is 0 Å². The standard InChI is InChI=1S/C13H12N2O3S/c1-9(16)10-6-7-14-13(8-10)19-12-4-2-11(3-5-12)15(17)18/h2-9,16H,1H3/t9-/m0/s1. The Morgan fingerprint density at radius 3 is 2.58 bits per heavy atom. The predicted molar refractivity (Wildman–Crippen MR) is 72.1 cm³/mol. The number of nitro groups is 1. The summed E-state index contributed by atoms with van der Waals surface area (Å²) < 4.78 is 0. The van der Waals surface area contributed by atoms with Gasteiger partial charge >= 0.3 is 0 Å². The quantitative estimate of drug-likeness (QED) is 0.685. The van der Waals surface area contributed by atoms with Crippen molar-refractivity contribution in [2.24, 2.45) is 0 Å². The number of non-ortho nitro benzene ring substituents is 1. The normalized spacial score (nSPS) is 12.1. The van der Waals surface area contributed by atoms with Gasteiger partial charge in [0.2, 0.25) is 0 Å². The van der Waals surface area contributed by atoms with Crippen molar-refractivity contribution < 1.29 is 10.0 Å². The van der Waals surface area contributed by atoms with Crippen LogP contribution in [0.4, 0.5) is 5.69 Å². The molecule has 1 aromatic carbocycles. The van der Waals surface area contributed by atoms with Crippen molar-refractivity contribution in [1.29, 1.82) is 0 Å². The number of pyridine rings is 1. The summed E-state index contributed by atoms with van der Waals surface area (Å²) in [7, 11) is 0. The molecule has 19 heavy (non-hydrogen) atoms. The highest BCUT2D eigenvalue weighted by atomic mass is 32.2. The minimum atomic E-state index is -0.542. The molecule has 5 nitrogen and oxygen atoms in total. The molecule has 2 aromatic rings. The summed E-state index contributed by atoms with van der Waals surface area (Å²) >= 11 is 1.39. The third-order valence-corrected chi connectivity index (χ3v) is 3.45. The van der Waals surface area contributed by atoms with E-state index in [2.05, 4.69) is 4.98 Å². The summed E-state index contributed by atoms with van der Waals surface area (Å²) in [5.74, 6) is 0. The zero-order valence-electron chi connectivity index (χ0n) is 10.2. The van der Waals surface area contributed by atoms with Gasteiger partial charge in [-0.05, 0) is 36.8 Å². The van der Waals surface area contributed by atoms with E-state index in [9.17, 15) is 15.2 Å². The van der Waals surface area contributed by atoms with Gasteiger partial charge in [-0.1, -0.05) is 11.8 Å². The summed E-state index contributed by atoms with van der Waals surface area (Å²) in [6, 6.07) is 9.84. The van der Waals surface area contributed by atoms with Gasteiger partial charge in [0.1, 0.15) is 5.03 Å². The van der Waals surface area contributed by atoms with Crippen LogP contribution in [0.1, 0.15) is 18.6 Å². The highest BCUT2D eigenvalue weighted by molar-refractivity contribution is 7.99. The van der Waals surface area contributed by atoms with E-state index in [0.29, 0.717) is 0 Å². The van der Waals surface area contributed by atoms with Crippen LogP contribution in [0, 0.1) is 10.1 Å². The number of aromatic nitrogens is 1. The van der Waals surface area contributed by atoms with Gasteiger partial charge in [0.05, 0.1) is 11.0 Å². The fraction of sp³-hybridized carbons (Fsp3) is 0.154. The molecule has 1 heterocycles. The Labute approximate surface area is 114 Å². The Hall–Kier alpha value is -1.92. The third kappa shape index (κ3) is 3.52. The van der Waals surface area contributed by atoms with Crippen LogP contribution in [0.5, 0.6) is 0 Å². The van der Waals surface area contributed by atoms with E-state index in [1.165, 1.54) is 23.9 Å². The molecule has 0 spiro atoms. The van der Waals surface area contributed by atoms with E-state index >= 15 is 0 Å². The minimum absolute atomic E-state index is 0.0649. The summed E-state index contributed by atoms with van der Waals surface area (Å²) in [5.41, 5.74) is 0.856. The van der Waals surface area contributed by atoms with Gasteiger partial charge in [-0.3, -0.25) is 10.1 Å². The van der Waals surface area contributed by atoms with Gasteiger partial charge in [0.15, 0.2) is 0 Å². The maximum absolute atomic E-state index is 10.5. The van der Waals surface area contributed by atoms with Crippen molar-refractivity contribution in [3.05, 3.63) is 58.3 Å². The largest absolute Gasteiger partial charge is 0.389 e. The average Bonchev–Trinajstić information content (AvgIpc) is 2.39. The van der Waals surface area contributed by atoms with Crippen molar-refractivity contribution in [2.75, 3.05) is 0 Å². The van der Waals surface area contributed by atoms with Crippen molar-refractivity contribution >= 4 is 17.4 Å². The SMILES string of the molecule is C[C@H](O)c1ccnc(Sc2ccc([N+](=O)[O-])cc2)c1. The molecule has 1 aromatic heterocycles. The molecule has 1 atom stereocenters. The average molecular weight is 276 g/mol. The molecular formula is C13H12N2O3S. The monoisotopic (exact) mass is 276 g/mol. The first kappa shape index (κ1) is 13.5. The van der Waals surface area contributed by atoms with Gasteiger partial charge in [-0.25, -0.2) is 4.98 Å². The number of rotatable bonds is 4. The lowest BCUT2D eigenvalue weighted by Gasteiger charge is -2.06. The van der Waals surface area contributed by atoms with Gasteiger partial charge < -0.3 is 5.11 Å². The van der Waals surface area contributed by atoms with Crippen LogP contribution in [0.3, 0.4) is 0 Å². The van der Waals surface area contributed by atoms with Crippen LogP contribution < -0.4 is 0 Å². The molecule has 0 saturated carbocycles. The van der Waals surface area contributed by atoms with E-state index < -0.39 is 11.0 Å². The first-order valence-corrected chi connectivity index (χ1v) is 6.44. The number of aliphatic hydroxyl groups is 1. The second-order valence-corrected chi connectivity index (χ2v) is 5.05. The van der Waals surface area contributed by atoms with Crippen molar-refractivity contribution in [3.8, 4) is 0 Å². The van der Waals surface area contributed by atoms with Crippen LogP contribution >= 0.6 is 11.8 Å². The first-order chi connectivity index (χ1) is 9.06. The number of hydrogen-bond acceptors (Lipinski definition) is 5. The number of aliphatic hydroxyl groups excluding tert-OH is 1. The van der Waals surface area contributed by atoms with Crippen LogP contribution in [-0.2, 0) is 0 Å². The second-order valence-electron chi connectivity index (χ2n) is 3.96. The Kier molecular flexibility index (Phi) is 4.13. The molecule has 0 amide bonds. The van der Waals surface area contributed by atoms with Crippen LogP contribution in [-0.4, -0.2) is 15.0 Å². The molecule has 1 N–H and O–H groups in total. The lowest BCUT2D eigenvalue weighted by molar-refractivity contribution is -0.384. The van der Waals surface area contributed by atoms with Gasteiger partial charge in [-0.2, -0.15) is 0 Å². The van der Waals surface area contributed by atoms with Crippen LogP contribution in [0.25, 0.3) is 0 Å². The number of nitrogens with zero attached hydrogens (tertiary/aromatic N) is 2. The summed E-state index contributed by atoms with van der Waals surface area (Å²) in [6.45, 7) is 1.69. The Balaban J connectivity index is 2.16. The number of nitro benzene ring substituents is 1. The molecule has 0 aliphatic carbocycles. The molecule has 0 aliphatic rings. The van der Waals surface area contributed by atoms with E-state index in [-0.39, 0.29) is 5.69 Å². The number of benzene rings is 1. The lowest BCUT2D eigenvalue weighted by Crippen LogP contribution is -1.92. The predicted octanol–water partition coefficient (Wildman–Crippen LogP) is 3.19. The van der Waals surface area contributed by atoms with Crippen molar-refractivity contribution in [1.82, 2.24) is 4.98 Å². The molecule has 0 unspecified atom stereocenters. The summed E-state index contributed by atoms with van der Waals surface area (Å²) in [6.07, 6.45) is 1.09. The van der Waals surface area contributed by atoms with Gasteiger partial charge in [-0.15, -0.1) is 0 Å². The van der Waals surface area contributed by atoms with Crippen LogP contribution in [0.2, 0.25) is 0 Å². The Morgan fingerprint density at radius 2 is 2.00 bits per heavy atom. The molecule has 0 saturated heterocycles. The number of hydrogen-bond donors (Lipinski definition) is 1. The molecule has 0 bridgehead atoms. The van der Waals surface area contributed by atoms with Gasteiger partial charge in [0.25, 0.3) is 5.69 Å². The van der Waals surface area contributed by atoms with Crippen LogP contribution in [0.15, 0.2) is 52.5 Å². The van der Waals surface area contributed by atoms with E-state index in [4.69, 9.17) is 0 Å². The van der Waals surface area contributed by atoms with Crippen molar-refractivity contribution in [2.45, 2.75) is 22.9 Å². The zero-order chi connectivity index (χ0) is 13.8. The lowest BCUT2D eigenvalue weighted by atomic mass is 10.2. The maximum Gasteiger partial charge on any atom is 0.269 e. The molecule has 6 heteroatoms. The highest BCUT2D eigenvalue weighted by Crippen LogP contribution is 2.28. The van der Waals surface area contributed by atoms with E-state index in [0.717, 1.165) is 15.5 Å². The molecule has 98 valence electrons. The van der Waals surface area contributed by atoms with Gasteiger partial charge in [0, 0.05) is 23.2 Å². The van der Waals surface area contributed by atoms with E-state index in [1.54, 1.807) is 37.4 Å². The fourth-order valence-corrected chi connectivity index (χ4v) is 2.32. The fourth-order valence-electron chi connectivity index (χ4n) is 1.50. The molecular weight excluding hydrogens is 264 g/mol. The smallest absolute Gasteiger partial charge is 0.269 e. The molecule has 0 radical (unpaired) electrons. The molecule has 0 fully saturated rings. The minimum Gasteiger partial charge on any atom is -0.389 e. The third-order valence-electron chi connectivity index (χ3n) is 2.51. The highest BCUT2D eigenvalue weighted by Gasteiger charge is 2.07. The van der Waals surface area contributed by atoms with E-state index in [1.807, 2.05) is 0 Å². The zero-order valence-corrected chi connectivity index (χ0v) is 11.0. The Bertz CT molecular complexity index is 585. The first-order valence-electron chi connectivity index (χ1n) is 5.62. The maximum atomic E-state index is 10.5. The molecule has 0 aliphatic heterocycles. The summed E-state index contributed by atoms with van der Waals surface area (Å²) in [5, 5.41) is 20.8. The second kappa shape index (κ2) is 5.81.